The molecule has 0 aromatic rings. The maximum atomic E-state index is 3.48. The van der Waals surface area contributed by atoms with Crippen LogP contribution in [-0.4, -0.2) is 13.1 Å². The number of rotatable bonds is 6. The highest BCUT2D eigenvalue weighted by atomic mass is 14.8. The molecule has 0 heterocycles. The maximum Gasteiger partial charge on any atom is 0.0167 e. The summed E-state index contributed by atoms with van der Waals surface area (Å²) < 4.78 is 0. The lowest BCUT2D eigenvalue weighted by molar-refractivity contribution is 0.647. The molecule has 0 amide bonds. The first-order valence-electron chi connectivity index (χ1n) is 5.65. The fourth-order valence-corrected chi connectivity index (χ4v) is 1.43. The summed E-state index contributed by atoms with van der Waals surface area (Å²) in [4.78, 5) is 0. The van der Waals surface area contributed by atoms with Gasteiger partial charge in [0.1, 0.15) is 0 Å². The summed E-state index contributed by atoms with van der Waals surface area (Å²) in [5, 5.41) is 3.48. The molecule has 13 heavy (non-hydrogen) atoms. The molecule has 0 bridgehead atoms. The van der Waals surface area contributed by atoms with Crippen molar-refractivity contribution in [1.82, 2.24) is 5.32 Å². The van der Waals surface area contributed by atoms with Crippen molar-refractivity contribution < 1.29 is 0 Å². The van der Waals surface area contributed by atoms with Gasteiger partial charge in [0.15, 0.2) is 0 Å². The first-order chi connectivity index (χ1) is 6.24. The van der Waals surface area contributed by atoms with Gasteiger partial charge in [-0.3, -0.25) is 0 Å². The number of hydrogen-bond acceptors (Lipinski definition) is 1. The first kappa shape index (κ1) is 10.8. The molecule has 0 atom stereocenters. The standard InChI is InChI=1S/C12H23N/c1-4-7-13-9-12(10(2)3)8-11-5-6-11/h8,10-11,13H,4-7,9H2,1-3H3. The van der Waals surface area contributed by atoms with Crippen molar-refractivity contribution in [2.24, 2.45) is 11.8 Å². The van der Waals surface area contributed by atoms with E-state index in [-0.39, 0.29) is 0 Å². The van der Waals surface area contributed by atoms with Gasteiger partial charge >= 0.3 is 0 Å². The van der Waals surface area contributed by atoms with Gasteiger partial charge in [-0.15, -0.1) is 0 Å². The van der Waals surface area contributed by atoms with Crippen LogP contribution in [0.4, 0.5) is 0 Å². The Morgan fingerprint density at radius 2 is 2.15 bits per heavy atom. The highest BCUT2D eigenvalue weighted by Gasteiger charge is 2.19. The summed E-state index contributed by atoms with van der Waals surface area (Å²) in [6.45, 7) is 9.05. The second kappa shape index (κ2) is 5.43. The molecule has 1 rings (SSSR count). The average Bonchev–Trinajstić information content (AvgIpc) is 2.86. The number of allylic oxidation sites excluding steroid dienone is 1. The van der Waals surface area contributed by atoms with Crippen LogP contribution in [0.3, 0.4) is 0 Å². The monoisotopic (exact) mass is 181 g/mol. The molecule has 76 valence electrons. The van der Waals surface area contributed by atoms with Crippen LogP contribution in [0, 0.1) is 11.8 Å². The summed E-state index contributed by atoms with van der Waals surface area (Å²) >= 11 is 0. The van der Waals surface area contributed by atoms with Crippen LogP contribution in [-0.2, 0) is 0 Å². The van der Waals surface area contributed by atoms with E-state index in [1.165, 1.54) is 19.3 Å². The predicted octanol–water partition coefficient (Wildman–Crippen LogP) is 2.98. The van der Waals surface area contributed by atoms with Crippen LogP contribution in [0.1, 0.15) is 40.0 Å². The van der Waals surface area contributed by atoms with Gasteiger partial charge in [-0.25, -0.2) is 0 Å². The molecule has 1 N–H and O–H groups in total. The molecule has 0 saturated heterocycles. The van der Waals surface area contributed by atoms with Gasteiger partial charge in [0.05, 0.1) is 0 Å². The minimum atomic E-state index is 0.713. The molecule has 0 unspecified atom stereocenters. The number of hydrogen-bond donors (Lipinski definition) is 1. The van der Waals surface area contributed by atoms with E-state index in [1.807, 2.05) is 0 Å². The minimum absolute atomic E-state index is 0.713. The van der Waals surface area contributed by atoms with E-state index < -0.39 is 0 Å². The van der Waals surface area contributed by atoms with Gasteiger partial charge in [0, 0.05) is 6.54 Å². The van der Waals surface area contributed by atoms with Gasteiger partial charge in [0.2, 0.25) is 0 Å². The van der Waals surface area contributed by atoms with Crippen molar-refractivity contribution in [3.63, 3.8) is 0 Å². The first-order valence-corrected chi connectivity index (χ1v) is 5.65. The van der Waals surface area contributed by atoms with Crippen LogP contribution < -0.4 is 5.32 Å². The molecule has 0 radical (unpaired) electrons. The quantitative estimate of drug-likeness (QED) is 0.490. The Labute approximate surface area is 82.6 Å². The number of nitrogens with one attached hydrogen (secondary N) is 1. The molecule has 1 aliphatic rings. The van der Waals surface area contributed by atoms with Crippen molar-refractivity contribution in [1.29, 1.82) is 0 Å². The fraction of sp³-hybridized carbons (Fsp3) is 0.833. The highest BCUT2D eigenvalue weighted by molar-refractivity contribution is 5.11. The van der Waals surface area contributed by atoms with Crippen LogP contribution in [0.25, 0.3) is 0 Å². The van der Waals surface area contributed by atoms with Crippen LogP contribution in [0.2, 0.25) is 0 Å². The molecule has 0 spiro atoms. The third kappa shape index (κ3) is 4.47. The molecule has 1 aliphatic carbocycles. The summed E-state index contributed by atoms with van der Waals surface area (Å²) in [5.74, 6) is 1.63. The molecule has 0 aromatic heterocycles. The molecule has 1 nitrogen and oxygen atoms in total. The SMILES string of the molecule is CCCNCC(=CC1CC1)C(C)C. The summed E-state index contributed by atoms with van der Waals surface area (Å²) in [6.07, 6.45) is 6.57. The Hall–Kier alpha value is -0.300. The third-order valence-corrected chi connectivity index (χ3v) is 2.57. The van der Waals surface area contributed by atoms with E-state index in [1.54, 1.807) is 5.57 Å². The second-order valence-corrected chi connectivity index (χ2v) is 4.41. The van der Waals surface area contributed by atoms with Crippen molar-refractivity contribution in [2.45, 2.75) is 40.0 Å². The minimum Gasteiger partial charge on any atom is -0.313 e. The zero-order valence-electron chi connectivity index (χ0n) is 9.27. The van der Waals surface area contributed by atoms with Crippen LogP contribution in [0.5, 0.6) is 0 Å². The Morgan fingerprint density at radius 1 is 1.46 bits per heavy atom. The lowest BCUT2D eigenvalue weighted by Gasteiger charge is -2.12. The molecule has 0 aromatic carbocycles. The van der Waals surface area contributed by atoms with Gasteiger partial charge in [-0.05, 0) is 37.6 Å². The van der Waals surface area contributed by atoms with E-state index >= 15 is 0 Å². The van der Waals surface area contributed by atoms with E-state index in [9.17, 15) is 0 Å². The Balaban J connectivity index is 2.29. The van der Waals surface area contributed by atoms with Gasteiger partial charge < -0.3 is 5.32 Å². The summed E-state index contributed by atoms with van der Waals surface area (Å²) in [7, 11) is 0. The summed E-state index contributed by atoms with van der Waals surface area (Å²) in [5.41, 5.74) is 1.61. The molecule has 1 fully saturated rings. The Kier molecular flexibility index (Phi) is 4.51. The Bertz CT molecular complexity index is 166. The van der Waals surface area contributed by atoms with E-state index in [2.05, 4.69) is 32.2 Å². The van der Waals surface area contributed by atoms with Crippen molar-refractivity contribution in [3.05, 3.63) is 11.6 Å². The maximum absolute atomic E-state index is 3.48. The summed E-state index contributed by atoms with van der Waals surface area (Å²) in [6, 6.07) is 0. The van der Waals surface area contributed by atoms with Crippen LogP contribution >= 0.6 is 0 Å². The molecule has 1 saturated carbocycles. The third-order valence-electron chi connectivity index (χ3n) is 2.57. The fourth-order valence-electron chi connectivity index (χ4n) is 1.43. The topological polar surface area (TPSA) is 12.0 Å². The normalized spacial score (nSPS) is 18.3. The average molecular weight is 181 g/mol. The highest BCUT2D eigenvalue weighted by Crippen LogP contribution is 2.32. The molecular weight excluding hydrogens is 158 g/mol. The zero-order chi connectivity index (χ0) is 9.68. The van der Waals surface area contributed by atoms with E-state index in [0.717, 1.165) is 19.0 Å². The van der Waals surface area contributed by atoms with Crippen molar-refractivity contribution in [2.75, 3.05) is 13.1 Å². The largest absolute Gasteiger partial charge is 0.313 e. The van der Waals surface area contributed by atoms with Crippen molar-refractivity contribution in [3.8, 4) is 0 Å². The smallest absolute Gasteiger partial charge is 0.0167 e. The van der Waals surface area contributed by atoms with Gasteiger partial charge in [0.25, 0.3) is 0 Å². The zero-order valence-corrected chi connectivity index (χ0v) is 9.27. The van der Waals surface area contributed by atoms with E-state index in [0.29, 0.717) is 5.92 Å². The Morgan fingerprint density at radius 3 is 2.62 bits per heavy atom. The second-order valence-electron chi connectivity index (χ2n) is 4.41. The lowest BCUT2D eigenvalue weighted by Crippen LogP contribution is -2.20. The van der Waals surface area contributed by atoms with Crippen molar-refractivity contribution >= 4 is 0 Å². The lowest BCUT2D eigenvalue weighted by atomic mass is 10.0. The van der Waals surface area contributed by atoms with Crippen LogP contribution in [0.15, 0.2) is 11.6 Å². The van der Waals surface area contributed by atoms with Gasteiger partial charge in [-0.1, -0.05) is 32.4 Å². The molecule has 1 heteroatoms. The van der Waals surface area contributed by atoms with E-state index in [4.69, 9.17) is 0 Å². The predicted molar refractivity (Wildman–Crippen MR) is 58.8 cm³/mol. The molecular formula is C12H23N. The molecule has 0 aliphatic heterocycles. The van der Waals surface area contributed by atoms with Gasteiger partial charge in [-0.2, -0.15) is 0 Å².